The van der Waals surface area contributed by atoms with Crippen LogP contribution in [0.3, 0.4) is 0 Å². The molecule has 1 aliphatic rings. The molecular weight excluding hydrogens is 270 g/mol. The molecule has 0 bridgehead atoms. The van der Waals surface area contributed by atoms with Crippen molar-refractivity contribution in [2.45, 2.75) is 39.0 Å². The number of rotatable bonds is 4. The Balaban J connectivity index is 2.33. The number of methoxy groups -OCH3 is 1. The van der Waals surface area contributed by atoms with E-state index in [4.69, 9.17) is 22.1 Å². The van der Waals surface area contributed by atoms with Crippen molar-refractivity contribution in [3.63, 3.8) is 0 Å². The predicted octanol–water partition coefficient (Wildman–Crippen LogP) is 4.46. The molecule has 0 spiro atoms. The highest BCUT2D eigenvalue weighted by molar-refractivity contribution is 6.30. The molecule has 1 aromatic carbocycles. The lowest BCUT2D eigenvalue weighted by molar-refractivity contribution is 0.195. The van der Waals surface area contributed by atoms with Gasteiger partial charge >= 0.3 is 0 Å². The Kier molecular flexibility index (Phi) is 5.34. The molecular formula is C17H26ClNO. The summed E-state index contributed by atoms with van der Waals surface area (Å²) in [4.78, 5) is 0. The van der Waals surface area contributed by atoms with Crippen molar-refractivity contribution in [3.8, 4) is 5.75 Å². The second-order valence-electron chi connectivity index (χ2n) is 6.31. The molecule has 3 unspecified atom stereocenters. The fourth-order valence-corrected chi connectivity index (χ4v) is 3.71. The van der Waals surface area contributed by atoms with E-state index in [1.807, 2.05) is 12.1 Å². The maximum Gasteiger partial charge on any atom is 0.122 e. The molecule has 1 aromatic rings. The molecule has 3 heteroatoms. The zero-order valence-electron chi connectivity index (χ0n) is 12.7. The Hall–Kier alpha value is -0.730. The first-order chi connectivity index (χ1) is 9.56. The van der Waals surface area contributed by atoms with Gasteiger partial charge in [-0.05, 0) is 73.2 Å². The minimum atomic E-state index is 0.467. The first-order valence-corrected chi connectivity index (χ1v) is 7.98. The molecule has 2 rings (SSSR count). The summed E-state index contributed by atoms with van der Waals surface area (Å²) in [7, 11) is 1.73. The van der Waals surface area contributed by atoms with Gasteiger partial charge in [-0.1, -0.05) is 25.4 Å². The highest BCUT2D eigenvalue weighted by atomic mass is 35.5. The summed E-state index contributed by atoms with van der Waals surface area (Å²) < 4.78 is 5.54. The Morgan fingerprint density at radius 1 is 1.35 bits per heavy atom. The molecule has 0 aromatic heterocycles. The smallest absolute Gasteiger partial charge is 0.122 e. The van der Waals surface area contributed by atoms with Gasteiger partial charge in [-0.25, -0.2) is 0 Å². The number of hydrogen-bond donors (Lipinski definition) is 1. The Morgan fingerprint density at radius 2 is 2.10 bits per heavy atom. The van der Waals surface area contributed by atoms with Crippen molar-refractivity contribution in [2.75, 3.05) is 13.7 Å². The van der Waals surface area contributed by atoms with Crippen molar-refractivity contribution >= 4 is 11.6 Å². The second kappa shape index (κ2) is 6.82. The SMILES string of the molecule is COc1ccc(Cl)cc1C1CC(C(C)C)CCC1CN. The lowest BCUT2D eigenvalue weighted by Gasteiger charge is -2.38. The van der Waals surface area contributed by atoms with Crippen LogP contribution in [-0.2, 0) is 0 Å². The molecule has 112 valence electrons. The monoisotopic (exact) mass is 295 g/mol. The standard InChI is InChI=1S/C17H26ClNO/c1-11(2)12-4-5-13(10-19)15(8-12)16-9-14(18)6-7-17(16)20-3/h6-7,9,11-13,15H,4-5,8,10,19H2,1-3H3. The van der Waals surface area contributed by atoms with E-state index in [9.17, 15) is 0 Å². The predicted molar refractivity (Wildman–Crippen MR) is 85.5 cm³/mol. The quantitative estimate of drug-likeness (QED) is 0.890. The van der Waals surface area contributed by atoms with Gasteiger partial charge in [0, 0.05) is 5.02 Å². The van der Waals surface area contributed by atoms with E-state index in [0.29, 0.717) is 11.8 Å². The zero-order valence-corrected chi connectivity index (χ0v) is 13.5. The van der Waals surface area contributed by atoms with Crippen LogP contribution in [0.25, 0.3) is 0 Å². The minimum absolute atomic E-state index is 0.467. The van der Waals surface area contributed by atoms with Crippen LogP contribution >= 0.6 is 11.6 Å². The highest BCUT2D eigenvalue weighted by Crippen LogP contribution is 2.45. The fourth-order valence-electron chi connectivity index (χ4n) is 3.53. The highest BCUT2D eigenvalue weighted by Gasteiger charge is 2.33. The van der Waals surface area contributed by atoms with Crippen LogP contribution in [-0.4, -0.2) is 13.7 Å². The van der Waals surface area contributed by atoms with Gasteiger partial charge in [0.25, 0.3) is 0 Å². The van der Waals surface area contributed by atoms with Crippen LogP contribution in [0.5, 0.6) is 5.75 Å². The average molecular weight is 296 g/mol. The molecule has 0 saturated heterocycles. The van der Waals surface area contributed by atoms with Crippen LogP contribution in [0.2, 0.25) is 5.02 Å². The largest absolute Gasteiger partial charge is 0.496 e. The molecule has 20 heavy (non-hydrogen) atoms. The van der Waals surface area contributed by atoms with Crippen LogP contribution in [0.1, 0.15) is 44.6 Å². The van der Waals surface area contributed by atoms with E-state index >= 15 is 0 Å². The van der Waals surface area contributed by atoms with Crippen molar-refractivity contribution in [2.24, 2.45) is 23.5 Å². The van der Waals surface area contributed by atoms with Crippen LogP contribution < -0.4 is 10.5 Å². The van der Waals surface area contributed by atoms with E-state index in [-0.39, 0.29) is 0 Å². The summed E-state index contributed by atoms with van der Waals surface area (Å²) >= 11 is 6.20. The van der Waals surface area contributed by atoms with Crippen LogP contribution in [0.4, 0.5) is 0 Å². The fraction of sp³-hybridized carbons (Fsp3) is 0.647. The molecule has 2 nitrogen and oxygen atoms in total. The summed E-state index contributed by atoms with van der Waals surface area (Å²) in [5.41, 5.74) is 7.25. The van der Waals surface area contributed by atoms with E-state index in [1.165, 1.54) is 24.8 Å². The summed E-state index contributed by atoms with van der Waals surface area (Å²) in [6, 6.07) is 5.94. The molecule has 0 heterocycles. The van der Waals surface area contributed by atoms with Gasteiger partial charge in [0.2, 0.25) is 0 Å². The summed E-state index contributed by atoms with van der Waals surface area (Å²) in [6.45, 7) is 5.38. The van der Waals surface area contributed by atoms with E-state index in [2.05, 4.69) is 19.9 Å². The molecule has 3 atom stereocenters. The maximum absolute atomic E-state index is 6.20. The molecule has 1 aliphatic carbocycles. The normalized spacial score (nSPS) is 26.8. The van der Waals surface area contributed by atoms with Gasteiger partial charge in [-0.15, -0.1) is 0 Å². The maximum atomic E-state index is 6.20. The molecule has 0 aliphatic heterocycles. The van der Waals surface area contributed by atoms with Gasteiger partial charge in [0.1, 0.15) is 5.75 Å². The third-order valence-corrected chi connectivity index (χ3v) is 5.11. The van der Waals surface area contributed by atoms with Gasteiger partial charge in [-0.2, -0.15) is 0 Å². The van der Waals surface area contributed by atoms with Crippen molar-refractivity contribution in [1.29, 1.82) is 0 Å². The Morgan fingerprint density at radius 3 is 2.70 bits per heavy atom. The molecule has 0 amide bonds. The molecule has 1 saturated carbocycles. The van der Waals surface area contributed by atoms with Gasteiger partial charge < -0.3 is 10.5 Å². The second-order valence-corrected chi connectivity index (χ2v) is 6.74. The lowest BCUT2D eigenvalue weighted by Crippen LogP contribution is -2.31. The number of halogens is 1. The van der Waals surface area contributed by atoms with Crippen LogP contribution in [0, 0.1) is 17.8 Å². The zero-order chi connectivity index (χ0) is 14.7. The average Bonchev–Trinajstić information content (AvgIpc) is 2.46. The molecule has 2 N–H and O–H groups in total. The van der Waals surface area contributed by atoms with Crippen LogP contribution in [0.15, 0.2) is 18.2 Å². The van der Waals surface area contributed by atoms with Crippen molar-refractivity contribution in [1.82, 2.24) is 0 Å². The molecule has 1 fully saturated rings. The van der Waals surface area contributed by atoms with E-state index in [0.717, 1.165) is 29.2 Å². The number of hydrogen-bond acceptors (Lipinski definition) is 2. The lowest BCUT2D eigenvalue weighted by atomic mass is 9.68. The Labute approximate surface area is 127 Å². The third kappa shape index (κ3) is 3.29. The third-order valence-electron chi connectivity index (χ3n) is 4.87. The number of nitrogens with two attached hydrogens (primary N) is 1. The van der Waals surface area contributed by atoms with Gasteiger partial charge in [0.15, 0.2) is 0 Å². The first-order valence-electron chi connectivity index (χ1n) is 7.60. The van der Waals surface area contributed by atoms with Gasteiger partial charge in [0.05, 0.1) is 7.11 Å². The molecule has 0 radical (unpaired) electrons. The Bertz CT molecular complexity index is 447. The number of benzene rings is 1. The minimum Gasteiger partial charge on any atom is -0.496 e. The number of ether oxygens (including phenoxy) is 1. The van der Waals surface area contributed by atoms with E-state index < -0.39 is 0 Å². The van der Waals surface area contributed by atoms with Gasteiger partial charge in [-0.3, -0.25) is 0 Å². The summed E-state index contributed by atoms with van der Waals surface area (Å²) in [5, 5.41) is 0.781. The van der Waals surface area contributed by atoms with E-state index in [1.54, 1.807) is 7.11 Å². The van der Waals surface area contributed by atoms with Crippen molar-refractivity contribution in [3.05, 3.63) is 28.8 Å². The topological polar surface area (TPSA) is 35.2 Å². The first kappa shape index (κ1) is 15.7. The summed E-state index contributed by atoms with van der Waals surface area (Å²) in [6.07, 6.45) is 3.69. The van der Waals surface area contributed by atoms with Crippen molar-refractivity contribution < 1.29 is 4.74 Å². The summed E-state index contributed by atoms with van der Waals surface area (Å²) in [5.74, 6) is 3.45.